The molecular weight excluding hydrogens is 412 g/mol. The molecule has 4 nitrogen and oxygen atoms in total. The summed E-state index contributed by atoms with van der Waals surface area (Å²) in [7, 11) is 0. The molecule has 188 valence electrons. The average Bonchev–Trinajstić information content (AvgIpc) is 3.03. The zero-order chi connectivity index (χ0) is 24.3. The van der Waals surface area contributed by atoms with Gasteiger partial charge in [0.25, 0.3) is 0 Å². The van der Waals surface area contributed by atoms with Crippen molar-refractivity contribution in [2.24, 2.45) is 45.8 Å². The smallest absolute Gasteiger partial charge is 0.0639 e. The molecule has 4 aliphatic carbocycles. The van der Waals surface area contributed by atoms with E-state index >= 15 is 0 Å². The van der Waals surface area contributed by atoms with Crippen molar-refractivity contribution in [3.63, 3.8) is 0 Å². The summed E-state index contributed by atoms with van der Waals surface area (Å²) in [5.41, 5.74) is 2.30. The van der Waals surface area contributed by atoms with E-state index in [2.05, 4.69) is 46.8 Å². The molecule has 0 unspecified atom stereocenters. The highest BCUT2D eigenvalue weighted by atomic mass is 16.3. The molecule has 0 aromatic rings. The number of fused-ring (bicyclic) bond motifs is 5. The van der Waals surface area contributed by atoms with Crippen molar-refractivity contribution in [2.75, 3.05) is 6.61 Å². The summed E-state index contributed by atoms with van der Waals surface area (Å²) in [6.45, 7) is 13.6. The largest absolute Gasteiger partial charge is 0.393 e. The Bertz CT molecular complexity index is 799. The minimum Gasteiger partial charge on any atom is -0.393 e. The first-order valence-electron chi connectivity index (χ1n) is 13.4. The van der Waals surface area contributed by atoms with Gasteiger partial charge in [-0.05, 0) is 85.4 Å². The summed E-state index contributed by atoms with van der Waals surface area (Å²) >= 11 is 0. The second-order valence-electron chi connectivity index (χ2n) is 13.2. The van der Waals surface area contributed by atoms with Crippen LogP contribution in [0, 0.1) is 45.8 Å². The Morgan fingerprint density at radius 3 is 2.52 bits per heavy atom. The van der Waals surface area contributed by atoms with Gasteiger partial charge in [-0.15, -0.1) is 0 Å². The molecule has 4 aliphatic rings. The molecule has 0 aromatic heterocycles. The van der Waals surface area contributed by atoms with Crippen molar-refractivity contribution < 1.29 is 20.4 Å². The summed E-state index contributed by atoms with van der Waals surface area (Å²) < 4.78 is 0. The molecule has 4 N–H and O–H groups in total. The van der Waals surface area contributed by atoms with Crippen LogP contribution in [0.5, 0.6) is 0 Å². The fourth-order valence-electron chi connectivity index (χ4n) is 8.95. The second-order valence-corrected chi connectivity index (χ2v) is 13.2. The molecule has 3 saturated carbocycles. The first kappa shape index (κ1) is 25.4. The number of aliphatic hydroxyl groups excluding tert-OH is 4. The number of hydrogen-bond acceptors (Lipinski definition) is 4. The van der Waals surface area contributed by atoms with Gasteiger partial charge in [-0.1, -0.05) is 57.9 Å². The minimum atomic E-state index is -0.549. The molecule has 0 radical (unpaired) electrons. The van der Waals surface area contributed by atoms with Gasteiger partial charge in [-0.25, -0.2) is 0 Å². The number of hydrogen-bond donors (Lipinski definition) is 4. The van der Waals surface area contributed by atoms with Crippen molar-refractivity contribution in [2.45, 2.75) is 105 Å². The van der Waals surface area contributed by atoms with Crippen LogP contribution in [0.1, 0.15) is 86.5 Å². The highest BCUT2D eigenvalue weighted by Crippen LogP contribution is 2.71. The Morgan fingerprint density at radius 1 is 1.15 bits per heavy atom. The van der Waals surface area contributed by atoms with Crippen LogP contribution in [-0.2, 0) is 0 Å². The van der Waals surface area contributed by atoms with Gasteiger partial charge < -0.3 is 20.4 Å². The van der Waals surface area contributed by atoms with Crippen molar-refractivity contribution in [3.05, 3.63) is 23.3 Å². The lowest BCUT2D eigenvalue weighted by molar-refractivity contribution is -0.161. The lowest BCUT2D eigenvalue weighted by atomic mass is 9.44. The van der Waals surface area contributed by atoms with Crippen LogP contribution in [0.2, 0.25) is 0 Å². The van der Waals surface area contributed by atoms with E-state index in [1.54, 1.807) is 0 Å². The van der Waals surface area contributed by atoms with E-state index in [1.807, 2.05) is 6.92 Å². The number of rotatable bonds is 5. The van der Waals surface area contributed by atoms with E-state index in [-0.39, 0.29) is 40.6 Å². The zero-order valence-electron chi connectivity index (χ0n) is 21.7. The van der Waals surface area contributed by atoms with Crippen LogP contribution >= 0.6 is 0 Å². The van der Waals surface area contributed by atoms with E-state index < -0.39 is 18.3 Å². The van der Waals surface area contributed by atoms with Crippen LogP contribution in [0.3, 0.4) is 0 Å². The summed E-state index contributed by atoms with van der Waals surface area (Å²) in [4.78, 5) is 0. The SMILES string of the molecule is C/C(=C\CC[C@@H](C)[C@@H]1CC[C@]2(C)C3=CC[C@@H]4[C@@H]([C@H]3[C@H](O)C[C@@]12C)[C@H](O)C[C@H](O)C4(C)C)CO. The van der Waals surface area contributed by atoms with Gasteiger partial charge in [0.1, 0.15) is 0 Å². The molecule has 0 aromatic carbocycles. The van der Waals surface area contributed by atoms with Crippen molar-refractivity contribution in [3.8, 4) is 0 Å². The summed E-state index contributed by atoms with van der Waals surface area (Å²) in [5.74, 6) is 1.37. The van der Waals surface area contributed by atoms with Gasteiger partial charge in [0, 0.05) is 12.3 Å². The second kappa shape index (κ2) is 8.76. The first-order chi connectivity index (χ1) is 15.4. The average molecular weight is 461 g/mol. The van der Waals surface area contributed by atoms with Gasteiger partial charge in [-0.3, -0.25) is 0 Å². The molecule has 4 rings (SSSR count). The third-order valence-corrected chi connectivity index (χ3v) is 11.3. The fraction of sp³-hybridized carbons (Fsp3) is 0.862. The van der Waals surface area contributed by atoms with Gasteiger partial charge in [0.15, 0.2) is 0 Å². The Hall–Kier alpha value is -0.680. The molecule has 3 fully saturated rings. The summed E-state index contributed by atoms with van der Waals surface area (Å²) in [6.07, 6.45) is 9.66. The molecule has 0 bridgehead atoms. The van der Waals surface area contributed by atoms with Crippen LogP contribution in [0.15, 0.2) is 23.3 Å². The van der Waals surface area contributed by atoms with Gasteiger partial charge >= 0.3 is 0 Å². The van der Waals surface area contributed by atoms with Crippen LogP contribution in [-0.4, -0.2) is 45.3 Å². The Morgan fingerprint density at radius 2 is 1.85 bits per heavy atom. The van der Waals surface area contributed by atoms with E-state index in [0.717, 1.165) is 37.7 Å². The Labute approximate surface area is 201 Å². The predicted octanol–water partition coefficient (Wildman–Crippen LogP) is 4.86. The van der Waals surface area contributed by atoms with Crippen LogP contribution in [0.25, 0.3) is 0 Å². The highest BCUT2D eigenvalue weighted by molar-refractivity contribution is 5.33. The Kier molecular flexibility index (Phi) is 6.75. The molecule has 10 atom stereocenters. The maximum absolute atomic E-state index is 11.7. The molecule has 0 heterocycles. The van der Waals surface area contributed by atoms with Crippen molar-refractivity contribution in [1.29, 1.82) is 0 Å². The van der Waals surface area contributed by atoms with E-state index in [1.165, 1.54) is 12.0 Å². The van der Waals surface area contributed by atoms with E-state index in [0.29, 0.717) is 18.3 Å². The fourth-order valence-corrected chi connectivity index (χ4v) is 8.95. The molecule has 0 aliphatic heterocycles. The van der Waals surface area contributed by atoms with Crippen molar-refractivity contribution >= 4 is 0 Å². The molecule has 33 heavy (non-hydrogen) atoms. The number of aliphatic hydroxyl groups is 4. The number of allylic oxidation sites excluding steroid dienone is 2. The maximum atomic E-state index is 11.7. The third kappa shape index (κ3) is 3.79. The predicted molar refractivity (Wildman–Crippen MR) is 132 cm³/mol. The van der Waals surface area contributed by atoms with E-state index in [9.17, 15) is 20.4 Å². The molecular formula is C29H48O4. The lowest BCUT2D eigenvalue weighted by Gasteiger charge is -2.62. The molecule has 0 spiro atoms. The van der Waals surface area contributed by atoms with Crippen LogP contribution in [0.4, 0.5) is 0 Å². The monoisotopic (exact) mass is 460 g/mol. The first-order valence-corrected chi connectivity index (χ1v) is 13.4. The molecule has 0 saturated heterocycles. The lowest BCUT2D eigenvalue weighted by Crippen LogP contribution is -2.61. The molecule has 4 heteroatoms. The minimum absolute atomic E-state index is 0.00722. The van der Waals surface area contributed by atoms with Crippen molar-refractivity contribution in [1.82, 2.24) is 0 Å². The van der Waals surface area contributed by atoms with Gasteiger partial charge in [0.2, 0.25) is 0 Å². The quantitative estimate of drug-likeness (QED) is 0.442. The standard InChI is InChI=1S/C29H48O4/c1-17(16-30)8-7-9-18(2)19-12-13-28(5)21-11-10-20-25(22(31)14-24(33)27(20,3)4)26(21)23(32)15-29(19,28)6/h8,11,18-20,22-26,30-33H,7,9-10,12-16H2,1-6H3/b17-8+/t18-,19+,20-,22-,23-,24+,25-,26-,28-,29+/m1/s1. The van der Waals surface area contributed by atoms with Gasteiger partial charge in [0.05, 0.1) is 24.9 Å². The zero-order valence-corrected chi connectivity index (χ0v) is 21.7. The van der Waals surface area contributed by atoms with Gasteiger partial charge in [-0.2, -0.15) is 0 Å². The highest BCUT2D eigenvalue weighted by Gasteiger charge is 2.65. The maximum Gasteiger partial charge on any atom is 0.0639 e. The normalized spacial score (nSPS) is 47.9. The summed E-state index contributed by atoms with van der Waals surface area (Å²) in [5, 5.41) is 42.8. The molecule has 0 amide bonds. The topological polar surface area (TPSA) is 80.9 Å². The van der Waals surface area contributed by atoms with Crippen LogP contribution < -0.4 is 0 Å². The van der Waals surface area contributed by atoms with E-state index in [4.69, 9.17) is 0 Å². The summed E-state index contributed by atoms with van der Waals surface area (Å²) in [6, 6.07) is 0. The third-order valence-electron chi connectivity index (χ3n) is 11.3. The Balaban J connectivity index is 1.63.